The maximum absolute atomic E-state index is 11.6. The highest BCUT2D eigenvalue weighted by atomic mass is 16.2. The van der Waals surface area contributed by atoms with E-state index in [1.54, 1.807) is 6.92 Å². The average molecular weight is 469 g/mol. The number of benzene rings is 2. The van der Waals surface area contributed by atoms with E-state index < -0.39 is 0 Å². The predicted molar refractivity (Wildman–Crippen MR) is 136 cm³/mol. The molecule has 1 amide bonds. The fraction of sp³-hybridized carbons (Fsp3) is 0.200. The van der Waals surface area contributed by atoms with Gasteiger partial charge in [0.05, 0.1) is 28.5 Å². The zero-order valence-corrected chi connectivity index (χ0v) is 19.3. The molecule has 1 aliphatic heterocycles. The number of hydrogen-bond donors (Lipinski definition) is 4. The third-order valence-electron chi connectivity index (χ3n) is 6.43. The van der Waals surface area contributed by atoms with Crippen LogP contribution in [0.2, 0.25) is 0 Å². The maximum Gasteiger partial charge on any atom is 0.351 e. The zero-order valence-electron chi connectivity index (χ0n) is 19.3. The van der Waals surface area contributed by atoms with Crippen molar-refractivity contribution in [3.8, 4) is 0 Å². The highest BCUT2D eigenvalue weighted by Crippen LogP contribution is 2.28. The average Bonchev–Trinajstić information content (AvgIpc) is 3.55. The highest BCUT2D eigenvalue weighted by Gasteiger charge is 2.19. The van der Waals surface area contributed by atoms with Crippen LogP contribution < -0.4 is 20.5 Å². The number of carbonyl (C=O) groups is 1. The Morgan fingerprint density at radius 2 is 1.83 bits per heavy atom. The first kappa shape index (κ1) is 21.0. The Labute approximate surface area is 201 Å². The van der Waals surface area contributed by atoms with E-state index in [0.29, 0.717) is 5.95 Å². The molecule has 1 saturated heterocycles. The van der Waals surface area contributed by atoms with Crippen LogP contribution in [0, 0.1) is 0 Å². The molecule has 6 rings (SSSR count). The van der Waals surface area contributed by atoms with Crippen molar-refractivity contribution < 1.29 is 9.78 Å². The molecule has 4 heterocycles. The minimum absolute atomic E-state index is 0.141. The van der Waals surface area contributed by atoms with Gasteiger partial charge in [-0.3, -0.25) is 20.2 Å². The normalized spacial score (nSPS) is 14.0. The molecular weight excluding hydrogens is 442 g/mol. The fourth-order valence-corrected chi connectivity index (χ4v) is 4.52. The Kier molecular flexibility index (Phi) is 5.17. The molecule has 5 aromatic rings. The summed E-state index contributed by atoms with van der Waals surface area (Å²) in [5.74, 6) is 1.49. The summed E-state index contributed by atoms with van der Waals surface area (Å²) in [4.78, 5) is 27.1. The number of aromatic nitrogens is 5. The number of carbonyl (C=O) groups excluding carboxylic acids is 1. The van der Waals surface area contributed by atoms with Gasteiger partial charge in [-0.2, -0.15) is 5.10 Å². The predicted octanol–water partition coefficient (Wildman–Crippen LogP) is 3.41. The molecule has 0 unspecified atom stereocenters. The van der Waals surface area contributed by atoms with E-state index in [-0.39, 0.29) is 5.91 Å². The molecule has 5 N–H and O–H groups in total. The van der Waals surface area contributed by atoms with E-state index in [4.69, 9.17) is 4.98 Å². The van der Waals surface area contributed by atoms with Crippen LogP contribution in [0.4, 0.5) is 28.8 Å². The third-order valence-corrected chi connectivity index (χ3v) is 6.43. The minimum Gasteiger partial charge on any atom is -0.368 e. The van der Waals surface area contributed by atoms with E-state index in [2.05, 4.69) is 47.8 Å². The van der Waals surface area contributed by atoms with Gasteiger partial charge in [-0.15, -0.1) is 0 Å². The van der Waals surface area contributed by atoms with Crippen molar-refractivity contribution in [1.82, 2.24) is 25.1 Å². The molecule has 10 nitrogen and oxygen atoms in total. The van der Waals surface area contributed by atoms with Crippen LogP contribution in [0.25, 0.3) is 21.9 Å². The number of nitrogens with zero attached hydrogens (tertiary/aromatic N) is 4. The van der Waals surface area contributed by atoms with Crippen molar-refractivity contribution in [3.05, 3.63) is 60.9 Å². The molecule has 2 aromatic carbocycles. The van der Waals surface area contributed by atoms with Crippen LogP contribution in [0.5, 0.6) is 0 Å². The van der Waals surface area contributed by atoms with Crippen LogP contribution in [0.3, 0.4) is 0 Å². The number of fused-ring (bicyclic) bond motifs is 2. The molecular formula is C25H26N9O+. The second-order valence-electron chi connectivity index (χ2n) is 8.63. The summed E-state index contributed by atoms with van der Waals surface area (Å²) in [6, 6.07) is 16.2. The second-order valence-corrected chi connectivity index (χ2v) is 8.63. The van der Waals surface area contributed by atoms with Crippen LogP contribution in [-0.2, 0) is 4.79 Å². The zero-order chi connectivity index (χ0) is 23.8. The molecule has 3 aromatic heterocycles. The number of hydrogen-bond acceptors (Lipinski definition) is 6. The van der Waals surface area contributed by atoms with Gasteiger partial charge in [0.2, 0.25) is 17.4 Å². The topological polar surface area (TPSA) is 119 Å². The Morgan fingerprint density at radius 1 is 1.00 bits per heavy atom. The maximum atomic E-state index is 11.6. The summed E-state index contributed by atoms with van der Waals surface area (Å²) in [6.45, 7) is 4.82. The molecule has 0 atom stereocenters. The number of H-pyrrole nitrogens is 3. The van der Waals surface area contributed by atoms with Crippen LogP contribution in [-0.4, -0.2) is 57.2 Å². The van der Waals surface area contributed by atoms with Gasteiger partial charge in [-0.25, -0.2) is 4.98 Å². The lowest BCUT2D eigenvalue weighted by atomic mass is 10.2. The first-order valence-corrected chi connectivity index (χ1v) is 11.6. The number of rotatable bonds is 5. The van der Waals surface area contributed by atoms with E-state index in [1.807, 2.05) is 53.7 Å². The number of anilines is 5. The van der Waals surface area contributed by atoms with Gasteiger partial charge >= 0.3 is 5.95 Å². The summed E-state index contributed by atoms with van der Waals surface area (Å²) in [7, 11) is 0. The molecule has 35 heavy (non-hydrogen) atoms. The molecule has 0 saturated carbocycles. The van der Waals surface area contributed by atoms with Gasteiger partial charge in [-0.05, 0) is 42.5 Å². The van der Waals surface area contributed by atoms with Crippen molar-refractivity contribution in [3.63, 3.8) is 0 Å². The van der Waals surface area contributed by atoms with Crippen molar-refractivity contribution in [1.29, 1.82) is 0 Å². The van der Waals surface area contributed by atoms with Gasteiger partial charge in [-0.1, -0.05) is 11.1 Å². The van der Waals surface area contributed by atoms with Crippen molar-refractivity contribution in [2.75, 3.05) is 41.7 Å². The van der Waals surface area contributed by atoms with Gasteiger partial charge in [0.25, 0.3) is 0 Å². The highest BCUT2D eigenvalue weighted by molar-refractivity contribution is 5.96. The van der Waals surface area contributed by atoms with Gasteiger partial charge in [0.15, 0.2) is 0 Å². The third kappa shape index (κ3) is 4.10. The van der Waals surface area contributed by atoms with Crippen molar-refractivity contribution in [2.45, 2.75) is 6.92 Å². The number of aromatic amines is 3. The molecule has 0 aliphatic carbocycles. The first-order chi connectivity index (χ1) is 17.1. The first-order valence-electron chi connectivity index (χ1n) is 11.6. The fourth-order valence-electron chi connectivity index (χ4n) is 4.52. The lowest BCUT2D eigenvalue weighted by Gasteiger charge is -2.35. The SMILES string of the molecule is CC(=O)N1CCN(c2ccc(Nc3nc(Nc4cccc5[nH]ncc45)c4cc[nH]c4[nH+]3)cc2)CC1. The monoisotopic (exact) mass is 468 g/mol. The summed E-state index contributed by atoms with van der Waals surface area (Å²) >= 11 is 0. The molecule has 10 heteroatoms. The van der Waals surface area contributed by atoms with Crippen LogP contribution in [0.1, 0.15) is 6.92 Å². The Bertz CT molecular complexity index is 1500. The molecule has 1 fully saturated rings. The number of piperazine rings is 1. The van der Waals surface area contributed by atoms with Gasteiger partial charge in [0.1, 0.15) is 0 Å². The molecule has 0 radical (unpaired) electrons. The van der Waals surface area contributed by atoms with Gasteiger partial charge < -0.3 is 15.1 Å². The van der Waals surface area contributed by atoms with Crippen molar-refractivity contribution in [2.24, 2.45) is 0 Å². The summed E-state index contributed by atoms with van der Waals surface area (Å²) < 4.78 is 0. The second kappa shape index (κ2) is 8.64. The van der Waals surface area contributed by atoms with Crippen LogP contribution >= 0.6 is 0 Å². The minimum atomic E-state index is 0.141. The largest absolute Gasteiger partial charge is 0.368 e. The van der Waals surface area contributed by atoms with E-state index >= 15 is 0 Å². The lowest BCUT2D eigenvalue weighted by Crippen LogP contribution is -2.48. The van der Waals surface area contributed by atoms with Crippen LogP contribution in [0.15, 0.2) is 60.9 Å². The Balaban J connectivity index is 1.22. The Morgan fingerprint density at radius 3 is 2.63 bits per heavy atom. The van der Waals surface area contributed by atoms with E-state index in [0.717, 1.165) is 71.0 Å². The molecule has 1 aliphatic rings. The quantitative estimate of drug-likeness (QED) is 0.314. The van der Waals surface area contributed by atoms with Crippen molar-refractivity contribution >= 4 is 56.7 Å². The smallest absolute Gasteiger partial charge is 0.351 e. The molecule has 176 valence electrons. The summed E-state index contributed by atoms with van der Waals surface area (Å²) in [6.07, 6.45) is 3.69. The van der Waals surface area contributed by atoms with E-state index in [1.165, 1.54) is 0 Å². The molecule has 0 spiro atoms. The summed E-state index contributed by atoms with van der Waals surface area (Å²) in [5, 5.41) is 16.0. The Hall–Kier alpha value is -4.60. The molecule has 0 bridgehead atoms. The van der Waals surface area contributed by atoms with Gasteiger partial charge in [0, 0.05) is 50.4 Å². The standard InChI is InChI=1S/C25H25N9O/c1-16(35)33-11-13-34(14-12-33)18-7-5-17(6-8-18)28-25-30-23-19(9-10-26-23)24(31-25)29-21-3-2-4-22-20(21)15-27-32-22/h2-10,15H,11-14H2,1H3,(H,27,32)(H3,26,28,29,30,31)/p+1. The number of nitrogens with one attached hydrogen (secondary N) is 5. The van der Waals surface area contributed by atoms with E-state index in [9.17, 15) is 4.79 Å². The summed E-state index contributed by atoms with van der Waals surface area (Å²) in [5.41, 5.74) is 4.82. The lowest BCUT2D eigenvalue weighted by molar-refractivity contribution is -0.333. The number of amides is 1.